The van der Waals surface area contributed by atoms with Gasteiger partial charge in [0.1, 0.15) is 17.0 Å². The molecule has 1 saturated heterocycles. The Balaban J connectivity index is 1.26. The zero-order chi connectivity index (χ0) is 23.0. The first-order valence-electron chi connectivity index (χ1n) is 11.3. The minimum Gasteiger partial charge on any atom is -0.356 e. The van der Waals surface area contributed by atoms with Crippen LogP contribution in [0, 0.1) is 0 Å². The fourth-order valence-corrected chi connectivity index (χ4v) is 5.73. The van der Waals surface area contributed by atoms with E-state index in [1.165, 1.54) is 11.8 Å². The summed E-state index contributed by atoms with van der Waals surface area (Å²) in [6, 6.07) is -0.114. The van der Waals surface area contributed by atoms with E-state index in [1.54, 1.807) is 21.9 Å². The molecule has 33 heavy (non-hydrogen) atoms. The summed E-state index contributed by atoms with van der Waals surface area (Å²) in [5.74, 6) is 0.918. The molecule has 2 aliphatic rings. The number of aryl methyl sites for hydroxylation is 2. The molecule has 0 atom stereocenters. The first kappa shape index (κ1) is 21.8. The maximum absolute atomic E-state index is 12.8. The highest BCUT2D eigenvalue weighted by molar-refractivity contribution is 7.89. The molecule has 5 rings (SSSR count). The Labute approximate surface area is 193 Å². The molecule has 1 fully saturated rings. The minimum absolute atomic E-state index is 0.114. The van der Waals surface area contributed by atoms with Crippen molar-refractivity contribution in [2.75, 3.05) is 18.0 Å². The van der Waals surface area contributed by atoms with Gasteiger partial charge in [-0.25, -0.2) is 23.1 Å². The van der Waals surface area contributed by atoms with E-state index in [9.17, 15) is 8.42 Å². The lowest BCUT2D eigenvalue weighted by Crippen LogP contribution is -2.45. The number of allylic oxidation sites excluding steroid dienone is 1. The van der Waals surface area contributed by atoms with Crippen LogP contribution in [0.1, 0.15) is 43.0 Å². The SMILES string of the molecule is CCCn1cc(S(=O)(=O)NC2CCN(c3ncnc4c3C=C(c3cnn(C)c3)C4)CC2)cn1. The van der Waals surface area contributed by atoms with Crippen molar-refractivity contribution in [3.63, 3.8) is 0 Å². The normalized spacial score (nSPS) is 16.8. The summed E-state index contributed by atoms with van der Waals surface area (Å²) >= 11 is 0. The third kappa shape index (κ3) is 4.42. The third-order valence-corrected chi connectivity index (χ3v) is 7.66. The first-order chi connectivity index (χ1) is 15.9. The summed E-state index contributed by atoms with van der Waals surface area (Å²) < 4.78 is 31.9. The molecule has 0 saturated carbocycles. The van der Waals surface area contributed by atoms with Crippen molar-refractivity contribution in [1.29, 1.82) is 0 Å². The molecule has 3 aromatic rings. The Hall–Kier alpha value is -3.05. The molecule has 0 spiro atoms. The predicted octanol–water partition coefficient (Wildman–Crippen LogP) is 1.86. The molecular weight excluding hydrogens is 440 g/mol. The number of anilines is 1. The molecule has 0 amide bonds. The molecule has 10 nitrogen and oxygen atoms in total. The van der Waals surface area contributed by atoms with Crippen LogP contribution in [-0.4, -0.2) is 57.1 Å². The lowest BCUT2D eigenvalue weighted by molar-refractivity contribution is 0.458. The maximum Gasteiger partial charge on any atom is 0.243 e. The van der Waals surface area contributed by atoms with Crippen molar-refractivity contribution in [3.8, 4) is 0 Å². The largest absolute Gasteiger partial charge is 0.356 e. The lowest BCUT2D eigenvalue weighted by atomic mass is 10.1. The molecule has 1 aliphatic heterocycles. The van der Waals surface area contributed by atoms with Gasteiger partial charge in [-0.05, 0) is 30.9 Å². The van der Waals surface area contributed by atoms with E-state index in [4.69, 9.17) is 0 Å². The molecule has 11 heteroatoms. The lowest BCUT2D eigenvalue weighted by Gasteiger charge is -2.33. The highest BCUT2D eigenvalue weighted by atomic mass is 32.2. The van der Waals surface area contributed by atoms with Crippen LogP contribution in [0.25, 0.3) is 11.6 Å². The van der Waals surface area contributed by atoms with E-state index in [0.29, 0.717) is 19.4 Å². The number of rotatable bonds is 7. The van der Waals surface area contributed by atoms with Gasteiger partial charge in [0.05, 0.1) is 18.1 Å². The number of fused-ring (bicyclic) bond motifs is 1. The molecule has 0 aromatic carbocycles. The Morgan fingerprint density at radius 2 is 1.94 bits per heavy atom. The monoisotopic (exact) mass is 468 g/mol. The second-order valence-electron chi connectivity index (χ2n) is 8.63. The minimum atomic E-state index is -3.58. The number of nitrogens with one attached hydrogen (secondary N) is 1. The second-order valence-corrected chi connectivity index (χ2v) is 10.3. The summed E-state index contributed by atoms with van der Waals surface area (Å²) in [5.41, 5.74) is 4.35. The summed E-state index contributed by atoms with van der Waals surface area (Å²) in [5, 5.41) is 8.42. The van der Waals surface area contributed by atoms with Crippen molar-refractivity contribution in [2.24, 2.45) is 7.05 Å². The van der Waals surface area contributed by atoms with Gasteiger partial charge in [-0.3, -0.25) is 9.36 Å². The Morgan fingerprint density at radius 1 is 1.12 bits per heavy atom. The summed E-state index contributed by atoms with van der Waals surface area (Å²) in [6.45, 7) is 4.18. The van der Waals surface area contributed by atoms with E-state index in [0.717, 1.165) is 48.6 Å². The second kappa shape index (κ2) is 8.71. The maximum atomic E-state index is 12.8. The zero-order valence-electron chi connectivity index (χ0n) is 18.8. The predicted molar refractivity (Wildman–Crippen MR) is 125 cm³/mol. The van der Waals surface area contributed by atoms with Gasteiger partial charge in [0, 0.05) is 62.7 Å². The fraction of sp³-hybridized carbons (Fsp3) is 0.455. The number of nitrogens with zero attached hydrogens (tertiary/aromatic N) is 7. The highest BCUT2D eigenvalue weighted by Gasteiger charge is 2.29. The van der Waals surface area contributed by atoms with Crippen molar-refractivity contribution >= 4 is 27.5 Å². The molecule has 0 unspecified atom stereocenters. The van der Waals surface area contributed by atoms with Crippen LogP contribution in [0.5, 0.6) is 0 Å². The van der Waals surface area contributed by atoms with Gasteiger partial charge < -0.3 is 4.90 Å². The van der Waals surface area contributed by atoms with Crippen molar-refractivity contribution in [3.05, 3.63) is 47.9 Å². The number of sulfonamides is 1. The highest BCUT2D eigenvalue weighted by Crippen LogP contribution is 2.35. The topological polar surface area (TPSA) is 111 Å². The Kier molecular flexibility index (Phi) is 5.75. The number of hydrogen-bond acceptors (Lipinski definition) is 7. The van der Waals surface area contributed by atoms with Gasteiger partial charge in [0.25, 0.3) is 0 Å². The van der Waals surface area contributed by atoms with Crippen LogP contribution in [0.2, 0.25) is 0 Å². The van der Waals surface area contributed by atoms with Gasteiger partial charge in [0.15, 0.2) is 0 Å². The molecule has 4 heterocycles. The van der Waals surface area contributed by atoms with E-state index in [-0.39, 0.29) is 10.9 Å². The summed E-state index contributed by atoms with van der Waals surface area (Å²) in [7, 11) is -1.67. The van der Waals surface area contributed by atoms with Gasteiger partial charge in [-0.15, -0.1) is 0 Å². The van der Waals surface area contributed by atoms with Gasteiger partial charge in [0.2, 0.25) is 10.0 Å². The average molecular weight is 469 g/mol. The van der Waals surface area contributed by atoms with Crippen LogP contribution >= 0.6 is 0 Å². The van der Waals surface area contributed by atoms with Crippen molar-refractivity contribution in [2.45, 2.75) is 50.1 Å². The smallest absolute Gasteiger partial charge is 0.243 e. The van der Waals surface area contributed by atoms with Crippen LogP contribution in [0.4, 0.5) is 5.82 Å². The van der Waals surface area contributed by atoms with E-state index >= 15 is 0 Å². The standard InChI is InChI=1S/C22H28N8O2S/c1-3-6-30-14-19(12-26-30)33(31,32)27-18-4-7-29(8-5-18)22-20-9-16(10-21(20)23-15-24-22)17-11-25-28(2)13-17/h9,11-15,18,27H,3-8,10H2,1-2H3. The molecular formula is C22H28N8O2S. The van der Waals surface area contributed by atoms with Crippen LogP contribution < -0.4 is 9.62 Å². The third-order valence-electron chi connectivity index (χ3n) is 6.19. The number of piperidine rings is 1. The van der Waals surface area contributed by atoms with Gasteiger partial charge >= 0.3 is 0 Å². The quantitative estimate of drug-likeness (QED) is 0.563. The fourth-order valence-electron chi connectivity index (χ4n) is 4.47. The van der Waals surface area contributed by atoms with Crippen molar-refractivity contribution < 1.29 is 8.42 Å². The first-order valence-corrected chi connectivity index (χ1v) is 12.7. The zero-order valence-corrected chi connectivity index (χ0v) is 19.7. The summed E-state index contributed by atoms with van der Waals surface area (Å²) in [4.78, 5) is 11.5. The molecule has 1 aliphatic carbocycles. The Bertz CT molecular complexity index is 1290. The van der Waals surface area contributed by atoms with E-state index in [2.05, 4.69) is 35.9 Å². The van der Waals surface area contributed by atoms with Crippen LogP contribution in [0.3, 0.4) is 0 Å². The molecule has 3 aromatic heterocycles. The molecule has 0 radical (unpaired) electrons. The number of aromatic nitrogens is 6. The average Bonchev–Trinajstić information content (AvgIpc) is 3.53. The van der Waals surface area contributed by atoms with Gasteiger partial charge in [-0.1, -0.05) is 6.92 Å². The van der Waals surface area contributed by atoms with E-state index < -0.39 is 10.0 Å². The summed E-state index contributed by atoms with van der Waals surface area (Å²) in [6.07, 6.45) is 13.8. The molecule has 0 bridgehead atoms. The molecule has 174 valence electrons. The molecule has 1 N–H and O–H groups in total. The van der Waals surface area contributed by atoms with E-state index in [1.807, 2.05) is 26.4 Å². The van der Waals surface area contributed by atoms with Gasteiger partial charge in [-0.2, -0.15) is 10.2 Å². The Morgan fingerprint density at radius 3 is 2.67 bits per heavy atom. The van der Waals surface area contributed by atoms with Crippen LogP contribution in [-0.2, 0) is 30.0 Å². The van der Waals surface area contributed by atoms with Crippen molar-refractivity contribution in [1.82, 2.24) is 34.3 Å². The number of hydrogen-bond donors (Lipinski definition) is 1. The van der Waals surface area contributed by atoms with Crippen LogP contribution in [0.15, 0.2) is 36.0 Å².